The van der Waals surface area contributed by atoms with Crippen molar-refractivity contribution in [2.45, 2.75) is 31.8 Å². The van der Waals surface area contributed by atoms with Crippen molar-refractivity contribution in [1.82, 2.24) is 5.32 Å². The molecule has 0 radical (unpaired) electrons. The minimum atomic E-state index is -3.64. The summed E-state index contributed by atoms with van der Waals surface area (Å²) in [4.78, 5) is 12.2. The molecule has 0 aromatic heterocycles. The summed E-state index contributed by atoms with van der Waals surface area (Å²) in [7, 11) is -2.17. The third-order valence-electron chi connectivity index (χ3n) is 3.40. The number of ether oxygens (including phenoxy) is 1. The van der Waals surface area contributed by atoms with Crippen molar-refractivity contribution in [3.8, 4) is 5.75 Å². The monoisotopic (exact) mass is 346 g/mol. The first-order valence-electron chi connectivity index (χ1n) is 6.87. The molecular formula is C14H19ClN2O4S. The van der Waals surface area contributed by atoms with Gasteiger partial charge in [-0.3, -0.25) is 9.10 Å². The average molecular weight is 347 g/mol. The van der Waals surface area contributed by atoms with E-state index in [-0.39, 0.29) is 17.0 Å². The molecule has 0 heterocycles. The van der Waals surface area contributed by atoms with Gasteiger partial charge in [0.15, 0.2) is 0 Å². The lowest BCUT2D eigenvalue weighted by molar-refractivity contribution is -0.121. The molecule has 1 amide bonds. The van der Waals surface area contributed by atoms with E-state index >= 15 is 0 Å². The summed E-state index contributed by atoms with van der Waals surface area (Å²) in [6.07, 6.45) is 2.93. The molecule has 0 unspecified atom stereocenters. The molecular weight excluding hydrogens is 328 g/mol. The van der Waals surface area contributed by atoms with Gasteiger partial charge < -0.3 is 10.1 Å². The van der Waals surface area contributed by atoms with Gasteiger partial charge in [0.1, 0.15) is 11.8 Å². The lowest BCUT2D eigenvalue weighted by Crippen LogP contribution is -2.48. The van der Waals surface area contributed by atoms with Crippen molar-refractivity contribution >= 4 is 33.2 Å². The Morgan fingerprint density at radius 1 is 1.45 bits per heavy atom. The molecule has 0 saturated heterocycles. The maximum absolute atomic E-state index is 12.2. The molecule has 0 bridgehead atoms. The van der Waals surface area contributed by atoms with E-state index in [0.717, 1.165) is 23.4 Å². The van der Waals surface area contributed by atoms with Gasteiger partial charge in [-0.1, -0.05) is 11.6 Å². The number of nitrogens with zero attached hydrogens (tertiary/aromatic N) is 1. The maximum atomic E-state index is 12.2. The molecule has 1 N–H and O–H groups in total. The number of halogens is 1. The highest BCUT2D eigenvalue weighted by atomic mass is 35.5. The Labute approximate surface area is 135 Å². The van der Waals surface area contributed by atoms with Crippen LogP contribution in [-0.2, 0) is 14.8 Å². The highest BCUT2D eigenvalue weighted by molar-refractivity contribution is 7.92. The number of amides is 1. The van der Waals surface area contributed by atoms with Crippen LogP contribution in [0.1, 0.15) is 19.8 Å². The van der Waals surface area contributed by atoms with Crippen molar-refractivity contribution < 1.29 is 17.9 Å². The highest BCUT2D eigenvalue weighted by Crippen LogP contribution is 2.31. The molecule has 1 atom stereocenters. The van der Waals surface area contributed by atoms with Gasteiger partial charge in [0.25, 0.3) is 0 Å². The third kappa shape index (κ3) is 3.84. The van der Waals surface area contributed by atoms with E-state index in [1.807, 2.05) is 0 Å². The first-order chi connectivity index (χ1) is 10.2. The largest absolute Gasteiger partial charge is 0.495 e. The lowest BCUT2D eigenvalue weighted by atomic mass is 10.2. The minimum Gasteiger partial charge on any atom is -0.495 e. The van der Waals surface area contributed by atoms with E-state index in [1.165, 1.54) is 13.2 Å². The number of nitrogens with one attached hydrogen (secondary N) is 1. The number of carbonyl (C=O) groups is 1. The Morgan fingerprint density at radius 3 is 2.55 bits per heavy atom. The maximum Gasteiger partial charge on any atom is 0.243 e. The van der Waals surface area contributed by atoms with E-state index in [9.17, 15) is 13.2 Å². The Kier molecular flexibility index (Phi) is 4.87. The van der Waals surface area contributed by atoms with Crippen LogP contribution >= 0.6 is 11.6 Å². The first kappa shape index (κ1) is 16.9. The van der Waals surface area contributed by atoms with Crippen LogP contribution in [0, 0.1) is 0 Å². The third-order valence-corrected chi connectivity index (χ3v) is 4.94. The summed E-state index contributed by atoms with van der Waals surface area (Å²) in [5, 5.41) is 3.09. The van der Waals surface area contributed by atoms with E-state index in [2.05, 4.69) is 5.32 Å². The van der Waals surface area contributed by atoms with Crippen LogP contribution in [-0.4, -0.2) is 39.8 Å². The summed E-state index contributed by atoms with van der Waals surface area (Å²) in [5.41, 5.74) is 0.326. The van der Waals surface area contributed by atoms with E-state index in [4.69, 9.17) is 16.3 Å². The predicted octanol–water partition coefficient (Wildman–Crippen LogP) is 1.78. The SMILES string of the molecule is COc1ccc(N([C@@H](C)C(=O)NC2CC2)S(C)(=O)=O)cc1Cl. The van der Waals surface area contributed by atoms with Crippen molar-refractivity contribution in [2.24, 2.45) is 0 Å². The zero-order valence-electron chi connectivity index (χ0n) is 12.7. The van der Waals surface area contributed by atoms with Gasteiger partial charge in [-0.15, -0.1) is 0 Å². The van der Waals surface area contributed by atoms with Gasteiger partial charge in [-0.2, -0.15) is 0 Å². The van der Waals surface area contributed by atoms with E-state index in [1.54, 1.807) is 19.1 Å². The molecule has 6 nitrogen and oxygen atoms in total. The average Bonchev–Trinajstić information content (AvgIpc) is 3.21. The molecule has 22 heavy (non-hydrogen) atoms. The molecule has 1 aliphatic rings. The van der Waals surface area contributed by atoms with Gasteiger partial charge in [0.2, 0.25) is 15.9 Å². The standard InChI is InChI=1S/C14H19ClN2O4S/c1-9(14(18)16-10-4-5-10)17(22(3,19)20)11-6-7-13(21-2)12(15)8-11/h6-10H,4-5H2,1-3H3,(H,16,18)/t9-/m0/s1. The van der Waals surface area contributed by atoms with Crippen molar-refractivity contribution in [2.75, 3.05) is 17.7 Å². The number of carbonyl (C=O) groups excluding carboxylic acids is 1. The summed E-state index contributed by atoms with van der Waals surface area (Å²) in [6.45, 7) is 1.55. The fourth-order valence-electron chi connectivity index (χ4n) is 2.15. The van der Waals surface area contributed by atoms with Crippen LogP contribution < -0.4 is 14.4 Å². The molecule has 122 valence electrons. The second-order valence-corrected chi connectivity index (χ2v) is 7.60. The van der Waals surface area contributed by atoms with Gasteiger partial charge >= 0.3 is 0 Å². The van der Waals surface area contributed by atoms with Gasteiger partial charge in [0, 0.05) is 6.04 Å². The fourth-order valence-corrected chi connectivity index (χ4v) is 3.57. The number of sulfonamides is 1. The molecule has 1 aromatic carbocycles. The van der Waals surface area contributed by atoms with Crippen LogP contribution in [0.15, 0.2) is 18.2 Å². The molecule has 2 rings (SSSR count). The van der Waals surface area contributed by atoms with Crippen LogP contribution in [0.2, 0.25) is 5.02 Å². The number of benzene rings is 1. The Balaban J connectivity index is 2.33. The number of methoxy groups -OCH3 is 1. The Morgan fingerprint density at radius 2 is 2.09 bits per heavy atom. The molecule has 0 aliphatic heterocycles. The molecule has 1 fully saturated rings. The van der Waals surface area contributed by atoms with Gasteiger partial charge in [-0.05, 0) is 38.0 Å². The zero-order valence-corrected chi connectivity index (χ0v) is 14.2. The summed E-state index contributed by atoms with van der Waals surface area (Å²) in [6, 6.07) is 3.91. The quantitative estimate of drug-likeness (QED) is 0.852. The van der Waals surface area contributed by atoms with E-state index in [0.29, 0.717) is 11.4 Å². The number of hydrogen-bond donors (Lipinski definition) is 1. The Bertz CT molecular complexity index is 673. The summed E-state index contributed by atoms with van der Waals surface area (Å²) < 4.78 is 30.4. The summed E-state index contributed by atoms with van der Waals surface area (Å²) in [5.74, 6) is 0.119. The molecule has 1 aromatic rings. The second kappa shape index (κ2) is 6.34. The molecule has 8 heteroatoms. The normalized spacial score (nSPS) is 16.0. The second-order valence-electron chi connectivity index (χ2n) is 5.34. The van der Waals surface area contributed by atoms with Crippen molar-refractivity contribution in [1.29, 1.82) is 0 Å². The van der Waals surface area contributed by atoms with Crippen LogP contribution in [0.3, 0.4) is 0 Å². The van der Waals surface area contributed by atoms with Gasteiger partial charge in [-0.25, -0.2) is 8.42 Å². The smallest absolute Gasteiger partial charge is 0.243 e. The van der Waals surface area contributed by atoms with E-state index < -0.39 is 16.1 Å². The first-order valence-corrected chi connectivity index (χ1v) is 9.10. The molecule has 1 saturated carbocycles. The zero-order chi connectivity index (χ0) is 16.5. The molecule has 0 spiro atoms. The highest BCUT2D eigenvalue weighted by Gasteiger charge is 2.32. The Hall–Kier alpha value is -1.47. The number of hydrogen-bond acceptors (Lipinski definition) is 4. The topological polar surface area (TPSA) is 75.7 Å². The van der Waals surface area contributed by atoms with Crippen LogP contribution in [0.4, 0.5) is 5.69 Å². The number of anilines is 1. The van der Waals surface area contributed by atoms with Crippen LogP contribution in [0.25, 0.3) is 0 Å². The van der Waals surface area contributed by atoms with Crippen LogP contribution in [0.5, 0.6) is 5.75 Å². The van der Waals surface area contributed by atoms with Crippen molar-refractivity contribution in [3.63, 3.8) is 0 Å². The van der Waals surface area contributed by atoms with Crippen molar-refractivity contribution in [3.05, 3.63) is 23.2 Å². The fraction of sp³-hybridized carbons (Fsp3) is 0.500. The lowest BCUT2D eigenvalue weighted by Gasteiger charge is -2.28. The predicted molar refractivity (Wildman–Crippen MR) is 86.0 cm³/mol. The molecule has 1 aliphatic carbocycles. The number of rotatable bonds is 6. The summed E-state index contributed by atoms with van der Waals surface area (Å²) >= 11 is 6.06. The minimum absolute atomic E-state index is 0.163. The van der Waals surface area contributed by atoms with Gasteiger partial charge in [0.05, 0.1) is 24.1 Å².